The van der Waals surface area contributed by atoms with E-state index in [-0.39, 0.29) is 6.71 Å². The van der Waals surface area contributed by atoms with E-state index in [9.17, 15) is 0 Å². The first-order valence-corrected chi connectivity index (χ1v) is 17.2. The molecule has 0 radical (unpaired) electrons. The van der Waals surface area contributed by atoms with E-state index < -0.39 is 0 Å². The Balaban J connectivity index is 1.17. The van der Waals surface area contributed by atoms with Gasteiger partial charge in [-0.05, 0) is 97.8 Å². The molecular formula is C45H33BN2O2. The van der Waals surface area contributed by atoms with Gasteiger partial charge in [0.25, 0.3) is 6.71 Å². The molecule has 2 aliphatic rings. The topological polar surface area (TPSA) is 28.9 Å². The van der Waals surface area contributed by atoms with Gasteiger partial charge in [0, 0.05) is 45.3 Å². The standard InChI is InChI=1S/C45H33BN2O2/c1-28-14-19-31(20-15-28)47(40-11-6-9-35-34-8-4-5-12-41(34)50-45(35)40)33-23-24-36-43(27-33)49-42-13-7-10-39-44(42)46(36)37-26-30(3)18-25-38(37)48(39)32-21-16-29(2)17-22-32/h4-27H,1-3H3. The molecule has 0 fully saturated rings. The van der Waals surface area contributed by atoms with Crippen LogP contribution in [0.3, 0.4) is 0 Å². The van der Waals surface area contributed by atoms with Gasteiger partial charge in [-0.1, -0.05) is 95.6 Å². The summed E-state index contributed by atoms with van der Waals surface area (Å²) in [5.41, 5.74) is 15.6. The predicted octanol–water partition coefficient (Wildman–Crippen LogP) is 10.4. The number of anilines is 6. The minimum absolute atomic E-state index is 0.0298. The predicted molar refractivity (Wildman–Crippen MR) is 208 cm³/mol. The largest absolute Gasteiger partial charge is 0.458 e. The summed E-state index contributed by atoms with van der Waals surface area (Å²) in [6.07, 6.45) is 0. The number of para-hydroxylation sites is 2. The number of ether oxygens (including phenoxy) is 1. The van der Waals surface area contributed by atoms with Gasteiger partial charge in [0.05, 0.1) is 5.69 Å². The number of aryl methyl sites for hydroxylation is 3. The first-order chi connectivity index (χ1) is 24.5. The molecule has 0 amide bonds. The smallest absolute Gasteiger partial charge is 0.256 e. The molecule has 0 aliphatic carbocycles. The van der Waals surface area contributed by atoms with Crippen molar-refractivity contribution in [2.75, 3.05) is 9.80 Å². The van der Waals surface area contributed by atoms with Crippen LogP contribution in [0.5, 0.6) is 11.5 Å². The van der Waals surface area contributed by atoms with Gasteiger partial charge >= 0.3 is 0 Å². The maximum absolute atomic E-state index is 6.91. The Morgan fingerprint density at radius 1 is 0.540 bits per heavy atom. The summed E-state index contributed by atoms with van der Waals surface area (Å²) >= 11 is 0. The van der Waals surface area contributed by atoms with E-state index in [0.29, 0.717) is 0 Å². The zero-order chi connectivity index (χ0) is 33.5. The van der Waals surface area contributed by atoms with Crippen molar-refractivity contribution in [3.05, 3.63) is 162 Å². The minimum Gasteiger partial charge on any atom is -0.458 e. The lowest BCUT2D eigenvalue weighted by molar-refractivity contribution is 0.487. The lowest BCUT2D eigenvalue weighted by Crippen LogP contribution is -2.59. The summed E-state index contributed by atoms with van der Waals surface area (Å²) in [7, 11) is 0. The second-order valence-corrected chi connectivity index (χ2v) is 13.6. The van der Waals surface area contributed by atoms with Crippen molar-refractivity contribution in [3.8, 4) is 11.5 Å². The van der Waals surface area contributed by atoms with E-state index in [1.807, 2.05) is 12.1 Å². The molecular weight excluding hydrogens is 611 g/mol. The summed E-state index contributed by atoms with van der Waals surface area (Å²) in [4.78, 5) is 4.68. The molecule has 0 atom stereocenters. The van der Waals surface area contributed by atoms with Crippen LogP contribution in [-0.4, -0.2) is 6.71 Å². The monoisotopic (exact) mass is 644 g/mol. The lowest BCUT2D eigenvalue weighted by Gasteiger charge is -2.40. The maximum Gasteiger partial charge on any atom is 0.256 e. The van der Waals surface area contributed by atoms with Gasteiger partial charge in [-0.2, -0.15) is 0 Å². The molecule has 0 spiro atoms. The zero-order valence-electron chi connectivity index (χ0n) is 28.1. The van der Waals surface area contributed by atoms with E-state index in [4.69, 9.17) is 9.15 Å². The van der Waals surface area contributed by atoms with Gasteiger partial charge in [0.15, 0.2) is 5.58 Å². The molecule has 4 nitrogen and oxygen atoms in total. The summed E-state index contributed by atoms with van der Waals surface area (Å²) in [5.74, 6) is 1.75. The Morgan fingerprint density at radius 2 is 1.26 bits per heavy atom. The van der Waals surface area contributed by atoms with Crippen LogP contribution in [-0.2, 0) is 0 Å². The number of rotatable bonds is 4. The van der Waals surface area contributed by atoms with E-state index in [1.54, 1.807) is 0 Å². The second-order valence-electron chi connectivity index (χ2n) is 13.6. The van der Waals surface area contributed by atoms with Crippen LogP contribution in [0.4, 0.5) is 34.1 Å². The Hall–Kier alpha value is -6.20. The molecule has 0 saturated heterocycles. The molecule has 0 N–H and O–H groups in total. The fourth-order valence-electron chi connectivity index (χ4n) is 7.93. The zero-order valence-corrected chi connectivity index (χ0v) is 28.1. The highest BCUT2D eigenvalue weighted by molar-refractivity contribution is 6.99. The highest BCUT2D eigenvalue weighted by atomic mass is 16.5. The van der Waals surface area contributed by atoms with Crippen LogP contribution in [0.15, 0.2) is 150 Å². The summed E-state index contributed by atoms with van der Waals surface area (Å²) in [5, 5.41) is 2.21. The number of hydrogen-bond donors (Lipinski definition) is 0. The number of nitrogens with zero attached hydrogens (tertiary/aromatic N) is 2. The molecule has 7 aromatic carbocycles. The Kier molecular flexibility index (Phi) is 6.28. The fraction of sp³-hybridized carbons (Fsp3) is 0.0667. The first-order valence-electron chi connectivity index (χ1n) is 17.2. The highest BCUT2D eigenvalue weighted by Crippen LogP contribution is 2.45. The molecule has 3 heterocycles. The Bertz CT molecular complexity index is 2620. The van der Waals surface area contributed by atoms with E-state index in [0.717, 1.165) is 67.3 Å². The van der Waals surface area contributed by atoms with Gasteiger partial charge in [0.2, 0.25) is 0 Å². The minimum atomic E-state index is 0.0298. The molecule has 0 bridgehead atoms. The maximum atomic E-state index is 6.91. The van der Waals surface area contributed by atoms with Gasteiger partial charge in [-0.3, -0.25) is 0 Å². The molecule has 5 heteroatoms. The second kappa shape index (κ2) is 10.9. The van der Waals surface area contributed by atoms with Crippen molar-refractivity contribution in [2.24, 2.45) is 0 Å². The Morgan fingerprint density at radius 3 is 2.10 bits per heavy atom. The summed E-state index contributed by atoms with van der Waals surface area (Å²) in [6.45, 7) is 6.46. The molecule has 2 aliphatic heterocycles. The van der Waals surface area contributed by atoms with Crippen molar-refractivity contribution >= 4 is 79.2 Å². The molecule has 8 aromatic rings. The van der Waals surface area contributed by atoms with Crippen LogP contribution in [0, 0.1) is 20.8 Å². The van der Waals surface area contributed by atoms with Gasteiger partial charge in [-0.15, -0.1) is 0 Å². The van der Waals surface area contributed by atoms with E-state index >= 15 is 0 Å². The van der Waals surface area contributed by atoms with E-state index in [2.05, 4.69) is 164 Å². The quantitative estimate of drug-likeness (QED) is 0.178. The van der Waals surface area contributed by atoms with Crippen LogP contribution >= 0.6 is 0 Å². The van der Waals surface area contributed by atoms with Crippen LogP contribution in [0.25, 0.3) is 21.9 Å². The molecule has 0 saturated carbocycles. The third-order valence-corrected chi connectivity index (χ3v) is 10.3. The number of furan rings is 1. The van der Waals surface area contributed by atoms with Crippen molar-refractivity contribution < 1.29 is 9.15 Å². The molecule has 1 aromatic heterocycles. The fourth-order valence-corrected chi connectivity index (χ4v) is 7.93. The summed E-state index contributed by atoms with van der Waals surface area (Å²) < 4.78 is 13.5. The highest BCUT2D eigenvalue weighted by Gasteiger charge is 2.42. The van der Waals surface area contributed by atoms with E-state index in [1.165, 1.54) is 33.3 Å². The van der Waals surface area contributed by atoms with Gasteiger partial charge in [-0.25, -0.2) is 0 Å². The first kappa shape index (κ1) is 28.8. The average molecular weight is 645 g/mol. The van der Waals surface area contributed by atoms with Crippen LogP contribution < -0.4 is 30.9 Å². The summed E-state index contributed by atoms with van der Waals surface area (Å²) in [6, 6.07) is 52.1. The van der Waals surface area contributed by atoms with Crippen molar-refractivity contribution in [3.63, 3.8) is 0 Å². The molecule has 0 unspecified atom stereocenters. The average Bonchev–Trinajstić information content (AvgIpc) is 3.52. The van der Waals surface area contributed by atoms with Crippen LogP contribution in [0.1, 0.15) is 16.7 Å². The number of hydrogen-bond acceptors (Lipinski definition) is 4. The molecule has 50 heavy (non-hydrogen) atoms. The van der Waals surface area contributed by atoms with Gasteiger partial charge in [0.1, 0.15) is 17.1 Å². The van der Waals surface area contributed by atoms with Gasteiger partial charge < -0.3 is 19.0 Å². The van der Waals surface area contributed by atoms with Crippen molar-refractivity contribution in [2.45, 2.75) is 20.8 Å². The van der Waals surface area contributed by atoms with Crippen molar-refractivity contribution in [1.29, 1.82) is 0 Å². The Labute approximate surface area is 291 Å². The normalized spacial score (nSPS) is 12.8. The number of fused-ring (bicyclic) bond motifs is 7. The third-order valence-electron chi connectivity index (χ3n) is 10.3. The SMILES string of the molecule is Cc1ccc(N2c3ccc(C)cc3B3c4ccc(N(c5ccc(C)cc5)c5cccc6c5oc5ccccc56)cc4Oc4cccc2c43)cc1. The van der Waals surface area contributed by atoms with Crippen LogP contribution in [0.2, 0.25) is 0 Å². The molecule has 238 valence electrons. The third kappa shape index (κ3) is 4.33. The molecule has 10 rings (SSSR count). The number of benzene rings is 7. The van der Waals surface area contributed by atoms with Crippen molar-refractivity contribution in [1.82, 2.24) is 0 Å². The lowest BCUT2D eigenvalue weighted by atomic mass is 9.34.